The van der Waals surface area contributed by atoms with Crippen LogP contribution in [0.5, 0.6) is 0 Å². The predicted molar refractivity (Wildman–Crippen MR) is 111 cm³/mol. The highest BCUT2D eigenvalue weighted by Gasteiger charge is 2.14. The molecule has 1 atom stereocenters. The standard InChI is InChI=1S/C21H23N5O3/c1-3-26-20(29)16-11-7-8-12-17(16)23-21(26)25-24-18(27)13-14(2)22-19(28)15-9-5-4-6-10-15/h4-12,14H,3,13H2,1-2H3,(H,22,28)(H,23,25)(H,24,27). The number of rotatable bonds is 7. The fourth-order valence-electron chi connectivity index (χ4n) is 2.96. The Morgan fingerprint density at radius 1 is 1.07 bits per heavy atom. The second-order valence-electron chi connectivity index (χ2n) is 6.62. The average Bonchev–Trinajstić information content (AvgIpc) is 2.73. The molecule has 0 fully saturated rings. The Hall–Kier alpha value is -3.68. The molecule has 0 bridgehead atoms. The van der Waals surface area contributed by atoms with E-state index in [1.807, 2.05) is 13.0 Å². The Balaban J connectivity index is 1.62. The first-order valence-corrected chi connectivity index (χ1v) is 9.40. The number of amides is 2. The largest absolute Gasteiger partial charge is 0.349 e. The molecule has 29 heavy (non-hydrogen) atoms. The van der Waals surface area contributed by atoms with Crippen LogP contribution in [0.4, 0.5) is 5.95 Å². The third-order valence-corrected chi connectivity index (χ3v) is 4.40. The molecule has 1 heterocycles. The quantitative estimate of drug-likeness (QED) is 0.533. The van der Waals surface area contributed by atoms with Crippen molar-refractivity contribution >= 4 is 28.7 Å². The monoisotopic (exact) mass is 393 g/mol. The summed E-state index contributed by atoms with van der Waals surface area (Å²) in [7, 11) is 0. The van der Waals surface area contributed by atoms with Crippen LogP contribution in [-0.2, 0) is 11.3 Å². The molecule has 0 radical (unpaired) electrons. The highest BCUT2D eigenvalue weighted by Crippen LogP contribution is 2.10. The Morgan fingerprint density at radius 3 is 2.48 bits per heavy atom. The summed E-state index contributed by atoms with van der Waals surface area (Å²) in [5.74, 6) is -0.323. The van der Waals surface area contributed by atoms with Gasteiger partial charge >= 0.3 is 0 Å². The molecular weight excluding hydrogens is 370 g/mol. The zero-order chi connectivity index (χ0) is 20.8. The second-order valence-corrected chi connectivity index (χ2v) is 6.62. The third-order valence-electron chi connectivity index (χ3n) is 4.40. The molecule has 2 aromatic carbocycles. The number of fused-ring (bicyclic) bond motifs is 1. The Morgan fingerprint density at radius 2 is 1.76 bits per heavy atom. The number of para-hydroxylation sites is 1. The van der Waals surface area contributed by atoms with Crippen LogP contribution in [0.25, 0.3) is 10.9 Å². The van der Waals surface area contributed by atoms with Gasteiger partial charge < -0.3 is 5.32 Å². The molecule has 3 aromatic rings. The van der Waals surface area contributed by atoms with E-state index in [1.165, 1.54) is 4.57 Å². The highest BCUT2D eigenvalue weighted by atomic mass is 16.2. The summed E-state index contributed by atoms with van der Waals surface area (Å²) in [5, 5.41) is 3.30. The molecule has 0 saturated carbocycles. The topological polar surface area (TPSA) is 105 Å². The Bertz CT molecular complexity index is 1080. The number of hydrazine groups is 1. The summed E-state index contributed by atoms with van der Waals surface area (Å²) in [6, 6.07) is 15.5. The molecule has 8 heteroatoms. The van der Waals surface area contributed by atoms with E-state index in [9.17, 15) is 14.4 Å². The Kier molecular flexibility index (Phi) is 6.23. The number of anilines is 1. The van der Waals surface area contributed by atoms with Gasteiger partial charge in [-0.1, -0.05) is 30.3 Å². The fourth-order valence-corrected chi connectivity index (χ4v) is 2.96. The van der Waals surface area contributed by atoms with E-state index in [0.29, 0.717) is 23.0 Å². The van der Waals surface area contributed by atoms with E-state index in [-0.39, 0.29) is 35.8 Å². The summed E-state index contributed by atoms with van der Waals surface area (Å²) in [4.78, 5) is 41.4. The van der Waals surface area contributed by atoms with Gasteiger partial charge in [-0.2, -0.15) is 0 Å². The maximum Gasteiger partial charge on any atom is 0.262 e. The van der Waals surface area contributed by atoms with Crippen LogP contribution in [0, 0.1) is 0 Å². The van der Waals surface area contributed by atoms with Crippen LogP contribution >= 0.6 is 0 Å². The zero-order valence-corrected chi connectivity index (χ0v) is 16.3. The van der Waals surface area contributed by atoms with E-state index in [1.54, 1.807) is 55.5 Å². The molecule has 8 nitrogen and oxygen atoms in total. The number of hydrogen-bond acceptors (Lipinski definition) is 5. The van der Waals surface area contributed by atoms with Crippen molar-refractivity contribution in [1.82, 2.24) is 20.3 Å². The molecule has 0 spiro atoms. The molecule has 0 aliphatic carbocycles. The predicted octanol–water partition coefficient (Wildman–Crippen LogP) is 2.07. The zero-order valence-electron chi connectivity index (χ0n) is 16.3. The number of nitrogens with one attached hydrogen (secondary N) is 3. The van der Waals surface area contributed by atoms with Crippen LogP contribution in [0.1, 0.15) is 30.6 Å². The Labute approximate surface area is 167 Å². The molecule has 0 aliphatic heterocycles. The van der Waals surface area contributed by atoms with Crippen molar-refractivity contribution in [3.05, 3.63) is 70.5 Å². The molecule has 0 aliphatic rings. The van der Waals surface area contributed by atoms with Crippen LogP contribution < -0.4 is 21.7 Å². The number of nitrogens with zero attached hydrogens (tertiary/aromatic N) is 2. The van der Waals surface area contributed by atoms with Crippen LogP contribution in [0.15, 0.2) is 59.4 Å². The van der Waals surface area contributed by atoms with Crippen molar-refractivity contribution in [2.24, 2.45) is 0 Å². The van der Waals surface area contributed by atoms with E-state index in [2.05, 4.69) is 21.2 Å². The maximum absolute atomic E-state index is 12.6. The van der Waals surface area contributed by atoms with Gasteiger partial charge in [0, 0.05) is 24.6 Å². The third kappa shape index (κ3) is 4.78. The number of carbonyl (C=O) groups excluding carboxylic acids is 2. The molecule has 0 saturated heterocycles. The lowest BCUT2D eigenvalue weighted by Crippen LogP contribution is -2.40. The molecule has 1 unspecified atom stereocenters. The van der Waals surface area contributed by atoms with Crippen LogP contribution in [0.2, 0.25) is 0 Å². The second kappa shape index (κ2) is 9.01. The van der Waals surface area contributed by atoms with Gasteiger partial charge in [0.05, 0.1) is 10.9 Å². The number of carbonyl (C=O) groups is 2. The lowest BCUT2D eigenvalue weighted by Gasteiger charge is -2.16. The average molecular weight is 393 g/mol. The van der Waals surface area contributed by atoms with E-state index in [4.69, 9.17) is 0 Å². The van der Waals surface area contributed by atoms with E-state index in [0.717, 1.165) is 0 Å². The maximum atomic E-state index is 12.6. The minimum Gasteiger partial charge on any atom is -0.349 e. The highest BCUT2D eigenvalue weighted by molar-refractivity contribution is 5.94. The summed E-state index contributed by atoms with van der Waals surface area (Å²) < 4.78 is 1.45. The lowest BCUT2D eigenvalue weighted by molar-refractivity contribution is -0.120. The van der Waals surface area contributed by atoms with Gasteiger partial charge in [-0.25, -0.2) is 4.98 Å². The van der Waals surface area contributed by atoms with Gasteiger partial charge in [0.15, 0.2) is 0 Å². The smallest absolute Gasteiger partial charge is 0.262 e. The first-order valence-electron chi connectivity index (χ1n) is 9.40. The van der Waals surface area contributed by atoms with Gasteiger partial charge in [-0.3, -0.25) is 29.8 Å². The van der Waals surface area contributed by atoms with Gasteiger partial charge in [0.25, 0.3) is 11.5 Å². The molecule has 150 valence electrons. The summed E-state index contributed by atoms with van der Waals surface area (Å²) in [6.45, 7) is 3.97. The van der Waals surface area contributed by atoms with Crippen molar-refractivity contribution in [3.8, 4) is 0 Å². The molecule has 1 aromatic heterocycles. The summed E-state index contributed by atoms with van der Waals surface area (Å²) in [5.41, 5.74) is 6.17. The molecular formula is C21H23N5O3. The first-order chi connectivity index (χ1) is 14.0. The molecule has 3 rings (SSSR count). The van der Waals surface area contributed by atoms with E-state index >= 15 is 0 Å². The van der Waals surface area contributed by atoms with Crippen molar-refractivity contribution in [2.75, 3.05) is 5.43 Å². The van der Waals surface area contributed by atoms with Crippen molar-refractivity contribution in [2.45, 2.75) is 32.9 Å². The number of aromatic nitrogens is 2. The van der Waals surface area contributed by atoms with Gasteiger partial charge in [-0.15, -0.1) is 0 Å². The van der Waals surface area contributed by atoms with Crippen molar-refractivity contribution in [3.63, 3.8) is 0 Å². The van der Waals surface area contributed by atoms with Crippen LogP contribution in [-0.4, -0.2) is 27.4 Å². The van der Waals surface area contributed by atoms with Gasteiger partial charge in [0.1, 0.15) is 0 Å². The minimum atomic E-state index is -0.373. The van der Waals surface area contributed by atoms with E-state index < -0.39 is 0 Å². The van der Waals surface area contributed by atoms with Crippen molar-refractivity contribution < 1.29 is 9.59 Å². The first kappa shape index (κ1) is 20.1. The number of benzene rings is 2. The molecule has 3 N–H and O–H groups in total. The summed E-state index contributed by atoms with van der Waals surface area (Å²) >= 11 is 0. The van der Waals surface area contributed by atoms with Gasteiger partial charge in [-0.05, 0) is 38.1 Å². The lowest BCUT2D eigenvalue weighted by atomic mass is 10.2. The SMILES string of the molecule is CCn1c(NNC(=O)CC(C)NC(=O)c2ccccc2)nc2ccccc2c1=O. The summed E-state index contributed by atoms with van der Waals surface area (Å²) in [6.07, 6.45) is 0.0650. The molecule has 2 amide bonds. The normalized spacial score (nSPS) is 11.7. The van der Waals surface area contributed by atoms with Gasteiger partial charge in [0.2, 0.25) is 11.9 Å². The fraction of sp³-hybridized carbons (Fsp3) is 0.238. The number of hydrogen-bond donors (Lipinski definition) is 3. The minimum absolute atomic E-state index is 0.0650. The van der Waals surface area contributed by atoms with Crippen molar-refractivity contribution in [1.29, 1.82) is 0 Å². The van der Waals surface area contributed by atoms with Crippen LogP contribution in [0.3, 0.4) is 0 Å².